The zero-order valence-electron chi connectivity index (χ0n) is 14.8. The van der Waals surface area contributed by atoms with E-state index in [-0.39, 0.29) is 13.1 Å². The van der Waals surface area contributed by atoms with E-state index in [0.717, 1.165) is 30.4 Å². The molecule has 29 heavy (non-hydrogen) atoms. The second-order valence-corrected chi connectivity index (χ2v) is 7.23. The number of aromatic nitrogens is 4. The molecule has 2 aromatic heterocycles. The number of nitrogens with one attached hydrogen (secondary N) is 2. The van der Waals surface area contributed by atoms with E-state index in [2.05, 4.69) is 0 Å². The van der Waals surface area contributed by atoms with Gasteiger partial charge >= 0.3 is 22.9 Å². The van der Waals surface area contributed by atoms with E-state index in [1.807, 2.05) is 58.5 Å². The van der Waals surface area contributed by atoms with Crippen molar-refractivity contribution >= 4 is 11.8 Å². The Morgan fingerprint density at radius 3 is 1.34 bits per heavy atom. The fraction of sp³-hybridized carbons (Fsp3) is 0.111. The van der Waals surface area contributed by atoms with Gasteiger partial charge in [0.1, 0.15) is 0 Å². The van der Waals surface area contributed by atoms with Gasteiger partial charge in [0.2, 0.25) is 0 Å². The lowest BCUT2D eigenvalue weighted by Gasteiger charge is -2.05. The standard InChI is InChI=1S/C18H14N4O6S/c23-15-19-17(25)27-21(15)9-11-1-5-13(6-2-11)29-14-7-3-12(4-8-14)10-22-16(24)20-18(26)28-22/h1-8H,9-10H2,(H,19,23,25)(H,20,24,26). The summed E-state index contributed by atoms with van der Waals surface area (Å²) in [6, 6.07) is 15.0. The first-order valence-electron chi connectivity index (χ1n) is 8.43. The maximum absolute atomic E-state index is 11.5. The van der Waals surface area contributed by atoms with Gasteiger partial charge < -0.3 is 9.05 Å². The Bertz CT molecular complexity index is 1250. The Morgan fingerprint density at radius 2 is 1.03 bits per heavy atom. The first-order valence-corrected chi connectivity index (χ1v) is 9.24. The van der Waals surface area contributed by atoms with Crippen molar-refractivity contribution in [3.8, 4) is 0 Å². The minimum atomic E-state index is -0.783. The van der Waals surface area contributed by atoms with E-state index < -0.39 is 22.9 Å². The van der Waals surface area contributed by atoms with Gasteiger partial charge in [-0.2, -0.15) is 0 Å². The van der Waals surface area contributed by atoms with Gasteiger partial charge in [-0.25, -0.2) is 29.1 Å². The molecule has 0 aliphatic rings. The van der Waals surface area contributed by atoms with Crippen molar-refractivity contribution < 1.29 is 9.05 Å². The van der Waals surface area contributed by atoms with Gasteiger partial charge in [-0.15, -0.1) is 9.48 Å². The van der Waals surface area contributed by atoms with E-state index in [1.165, 1.54) is 11.8 Å². The second kappa shape index (κ2) is 7.72. The van der Waals surface area contributed by atoms with Crippen LogP contribution in [0.15, 0.2) is 86.5 Å². The number of rotatable bonds is 6. The van der Waals surface area contributed by atoms with Crippen molar-refractivity contribution in [3.05, 3.63) is 102 Å². The molecule has 0 saturated carbocycles. The normalized spacial score (nSPS) is 11.0. The fourth-order valence-electron chi connectivity index (χ4n) is 2.63. The first-order chi connectivity index (χ1) is 14.0. The average Bonchev–Trinajstić information content (AvgIpc) is 3.18. The van der Waals surface area contributed by atoms with Crippen molar-refractivity contribution in [1.29, 1.82) is 0 Å². The molecule has 4 rings (SSSR count). The molecule has 10 nitrogen and oxygen atoms in total. The molecule has 0 aliphatic carbocycles. The van der Waals surface area contributed by atoms with Gasteiger partial charge in [0.05, 0.1) is 13.1 Å². The van der Waals surface area contributed by atoms with E-state index in [9.17, 15) is 19.2 Å². The minimum Gasteiger partial charge on any atom is -0.317 e. The van der Waals surface area contributed by atoms with Crippen molar-refractivity contribution in [2.45, 2.75) is 22.9 Å². The smallest absolute Gasteiger partial charge is 0.317 e. The molecule has 2 heterocycles. The van der Waals surface area contributed by atoms with Crippen LogP contribution < -0.4 is 22.9 Å². The molecule has 0 bridgehead atoms. The number of benzene rings is 2. The summed E-state index contributed by atoms with van der Waals surface area (Å²) < 4.78 is 11.4. The summed E-state index contributed by atoms with van der Waals surface area (Å²) >= 11 is 1.54. The zero-order chi connectivity index (χ0) is 20.4. The third kappa shape index (κ3) is 4.41. The third-order valence-electron chi connectivity index (χ3n) is 3.99. The van der Waals surface area contributed by atoms with Crippen LogP contribution in [0.5, 0.6) is 0 Å². The lowest BCUT2D eigenvalue weighted by atomic mass is 10.2. The van der Waals surface area contributed by atoms with Crippen LogP contribution in [0.25, 0.3) is 0 Å². The van der Waals surface area contributed by atoms with Gasteiger partial charge in [0, 0.05) is 9.79 Å². The molecule has 148 valence electrons. The van der Waals surface area contributed by atoms with Crippen LogP contribution in [-0.2, 0) is 13.1 Å². The van der Waals surface area contributed by atoms with E-state index in [0.29, 0.717) is 0 Å². The second-order valence-electron chi connectivity index (χ2n) is 6.08. The monoisotopic (exact) mass is 414 g/mol. The topological polar surface area (TPSA) is 136 Å². The lowest BCUT2D eigenvalue weighted by molar-refractivity contribution is 0.258. The number of hydrogen-bond donors (Lipinski definition) is 2. The molecule has 0 unspecified atom stereocenters. The highest BCUT2D eigenvalue weighted by molar-refractivity contribution is 7.99. The van der Waals surface area contributed by atoms with Crippen molar-refractivity contribution in [2.75, 3.05) is 0 Å². The Hall–Kier alpha value is -3.73. The summed E-state index contributed by atoms with van der Waals surface area (Å²) in [5.41, 5.74) is 0.449. The van der Waals surface area contributed by atoms with Crippen molar-refractivity contribution in [2.24, 2.45) is 0 Å². The van der Waals surface area contributed by atoms with Crippen LogP contribution in [-0.4, -0.2) is 19.4 Å². The number of H-pyrrole nitrogens is 2. The average molecular weight is 414 g/mol. The molecule has 0 fully saturated rings. The molecule has 0 saturated heterocycles. The summed E-state index contributed by atoms with van der Waals surface area (Å²) in [5, 5.41) is 0. The molecule has 0 atom stereocenters. The Balaban J connectivity index is 1.41. The van der Waals surface area contributed by atoms with Crippen LogP contribution in [0.1, 0.15) is 11.1 Å². The Morgan fingerprint density at radius 1 is 0.655 bits per heavy atom. The van der Waals surface area contributed by atoms with Crippen LogP contribution in [0, 0.1) is 0 Å². The number of hydrogen-bond acceptors (Lipinski definition) is 7. The molecule has 0 aliphatic heterocycles. The maximum Gasteiger partial charge on any atom is 0.440 e. The third-order valence-corrected chi connectivity index (χ3v) is 5.01. The van der Waals surface area contributed by atoms with Gasteiger partial charge in [-0.3, -0.25) is 0 Å². The van der Waals surface area contributed by atoms with Crippen molar-refractivity contribution in [3.63, 3.8) is 0 Å². The molecular formula is C18H14N4O6S. The molecule has 4 aromatic rings. The van der Waals surface area contributed by atoms with Gasteiger partial charge in [0.15, 0.2) is 0 Å². The van der Waals surface area contributed by atoms with Crippen LogP contribution in [0.3, 0.4) is 0 Å². The predicted octanol–water partition coefficient (Wildman–Crippen LogP) is 0.820. The van der Waals surface area contributed by atoms with Gasteiger partial charge in [-0.05, 0) is 35.4 Å². The van der Waals surface area contributed by atoms with E-state index in [4.69, 9.17) is 9.05 Å². The Kier molecular flexibility index (Phi) is 4.96. The van der Waals surface area contributed by atoms with Crippen LogP contribution >= 0.6 is 11.8 Å². The lowest BCUT2D eigenvalue weighted by Crippen LogP contribution is -2.17. The number of nitrogens with zero attached hydrogens (tertiary/aromatic N) is 2. The van der Waals surface area contributed by atoms with Gasteiger partial charge in [-0.1, -0.05) is 36.0 Å². The van der Waals surface area contributed by atoms with E-state index in [1.54, 1.807) is 0 Å². The van der Waals surface area contributed by atoms with Crippen LogP contribution in [0.2, 0.25) is 0 Å². The summed E-state index contributed by atoms with van der Waals surface area (Å²) in [7, 11) is 0. The number of aromatic amines is 2. The molecule has 0 radical (unpaired) electrons. The first kappa shape index (κ1) is 18.6. The maximum atomic E-state index is 11.5. The quantitative estimate of drug-likeness (QED) is 0.477. The SMILES string of the molecule is O=c1[nH]c(=O)n(Cc2ccc(Sc3ccc(Cn4oc(=O)[nH]c4=O)cc3)cc2)o1. The summed E-state index contributed by atoms with van der Waals surface area (Å²) in [6.07, 6.45) is 0. The molecule has 0 spiro atoms. The van der Waals surface area contributed by atoms with Crippen LogP contribution in [0.4, 0.5) is 0 Å². The molecule has 11 heteroatoms. The van der Waals surface area contributed by atoms with E-state index >= 15 is 0 Å². The zero-order valence-corrected chi connectivity index (χ0v) is 15.6. The van der Waals surface area contributed by atoms with Gasteiger partial charge in [0.25, 0.3) is 0 Å². The minimum absolute atomic E-state index is 0.159. The van der Waals surface area contributed by atoms with Crippen molar-refractivity contribution in [1.82, 2.24) is 19.4 Å². The predicted molar refractivity (Wildman–Crippen MR) is 102 cm³/mol. The fourth-order valence-corrected chi connectivity index (χ4v) is 3.45. The summed E-state index contributed by atoms with van der Waals surface area (Å²) in [4.78, 5) is 51.0. The molecule has 2 aromatic carbocycles. The Labute approximate surface area is 165 Å². The summed E-state index contributed by atoms with van der Waals surface area (Å²) in [6.45, 7) is 0.317. The largest absolute Gasteiger partial charge is 0.440 e. The highest BCUT2D eigenvalue weighted by atomic mass is 32.2. The highest BCUT2D eigenvalue weighted by Gasteiger charge is 2.06. The summed E-state index contributed by atoms with van der Waals surface area (Å²) in [5.74, 6) is -1.57. The highest BCUT2D eigenvalue weighted by Crippen LogP contribution is 2.28. The molecular weight excluding hydrogens is 400 g/mol. The molecule has 0 amide bonds. The molecule has 2 N–H and O–H groups in total.